The van der Waals surface area contributed by atoms with Crippen molar-refractivity contribution in [3.8, 4) is 5.69 Å². The lowest BCUT2D eigenvalue weighted by Gasteiger charge is -2.12. The van der Waals surface area contributed by atoms with Crippen LogP contribution in [-0.4, -0.2) is 37.0 Å². The van der Waals surface area contributed by atoms with E-state index < -0.39 is 11.0 Å². The highest BCUT2D eigenvalue weighted by atomic mass is 79.9. The molecule has 9 heteroatoms. The summed E-state index contributed by atoms with van der Waals surface area (Å²) in [6.07, 6.45) is -4.28. The maximum Gasteiger partial charge on any atom is 0.402 e. The fraction of sp³-hybridized carbons (Fsp3) is 0.300. The molecule has 0 bridgehead atoms. The second-order valence-corrected chi connectivity index (χ2v) is 5.62. The highest BCUT2D eigenvalue weighted by molar-refractivity contribution is 9.09. The fourth-order valence-corrected chi connectivity index (χ4v) is 2.48. The van der Waals surface area contributed by atoms with Crippen LogP contribution in [0.5, 0.6) is 0 Å². The number of tetrazole rings is 1. The van der Waals surface area contributed by atoms with Gasteiger partial charge in [0.15, 0.2) is 0 Å². The van der Waals surface area contributed by atoms with Crippen LogP contribution < -0.4 is 0 Å². The van der Waals surface area contributed by atoms with E-state index in [1.807, 2.05) is 6.07 Å². The molecular formula is C10H8BrF3N4S. The van der Waals surface area contributed by atoms with Crippen LogP contribution in [0.15, 0.2) is 35.5 Å². The number of aromatic nitrogens is 4. The summed E-state index contributed by atoms with van der Waals surface area (Å²) in [6, 6.07) is 8.98. The minimum Gasteiger partial charge on any atom is -0.188 e. The van der Waals surface area contributed by atoms with Gasteiger partial charge in [0.2, 0.25) is 5.16 Å². The Hall–Kier alpha value is -1.09. The zero-order valence-corrected chi connectivity index (χ0v) is 11.8. The molecule has 0 fully saturated rings. The molecule has 0 spiro atoms. The van der Waals surface area contributed by atoms with Gasteiger partial charge in [0.25, 0.3) is 0 Å². The SMILES string of the molecule is FC(F)(F)C(Br)CSc1nnnn1-c1ccccc1. The minimum absolute atomic E-state index is 0.198. The Morgan fingerprint density at radius 1 is 1.26 bits per heavy atom. The molecule has 4 nitrogen and oxygen atoms in total. The zero-order valence-electron chi connectivity index (χ0n) is 9.38. The number of nitrogens with zero attached hydrogens (tertiary/aromatic N) is 4. The summed E-state index contributed by atoms with van der Waals surface area (Å²) in [7, 11) is 0. The van der Waals surface area contributed by atoms with Crippen LogP contribution in [0.4, 0.5) is 13.2 Å². The Morgan fingerprint density at radius 2 is 1.95 bits per heavy atom. The Morgan fingerprint density at radius 3 is 2.58 bits per heavy atom. The van der Waals surface area contributed by atoms with Gasteiger partial charge in [0.05, 0.1) is 5.69 Å². The van der Waals surface area contributed by atoms with Crippen molar-refractivity contribution in [2.24, 2.45) is 0 Å². The molecule has 0 radical (unpaired) electrons. The highest BCUT2D eigenvalue weighted by Gasteiger charge is 2.37. The normalized spacial score (nSPS) is 13.5. The lowest BCUT2D eigenvalue weighted by atomic mass is 10.3. The van der Waals surface area contributed by atoms with Crippen LogP contribution in [0.3, 0.4) is 0 Å². The summed E-state index contributed by atoms with van der Waals surface area (Å²) < 4.78 is 38.6. The average molecular weight is 353 g/mol. The van der Waals surface area contributed by atoms with Gasteiger partial charge >= 0.3 is 6.18 Å². The first-order valence-electron chi connectivity index (χ1n) is 5.16. The molecule has 1 atom stereocenters. The van der Waals surface area contributed by atoms with E-state index in [-0.39, 0.29) is 5.75 Å². The van der Waals surface area contributed by atoms with Crippen LogP contribution in [-0.2, 0) is 0 Å². The molecule has 0 amide bonds. The molecule has 0 aliphatic rings. The molecule has 1 unspecified atom stereocenters. The van der Waals surface area contributed by atoms with Crippen LogP contribution in [0.2, 0.25) is 0 Å². The molecule has 0 aliphatic heterocycles. The van der Waals surface area contributed by atoms with Crippen LogP contribution in [0.1, 0.15) is 0 Å². The van der Waals surface area contributed by atoms with Gasteiger partial charge in [-0.05, 0) is 22.6 Å². The summed E-state index contributed by atoms with van der Waals surface area (Å²) in [6.45, 7) is 0. The second-order valence-electron chi connectivity index (χ2n) is 3.53. The predicted octanol–water partition coefficient (Wildman–Crippen LogP) is 3.08. The van der Waals surface area contributed by atoms with E-state index in [0.717, 1.165) is 11.8 Å². The summed E-state index contributed by atoms with van der Waals surface area (Å²) in [5.41, 5.74) is 0.702. The molecular weight excluding hydrogens is 345 g/mol. The first kappa shape index (κ1) is 14.3. The van der Waals surface area contributed by atoms with Crippen molar-refractivity contribution in [1.29, 1.82) is 0 Å². The predicted molar refractivity (Wildman–Crippen MR) is 68.6 cm³/mol. The smallest absolute Gasteiger partial charge is 0.188 e. The van der Waals surface area contributed by atoms with E-state index in [4.69, 9.17) is 0 Å². The second kappa shape index (κ2) is 5.91. The van der Waals surface area contributed by atoms with E-state index in [9.17, 15) is 13.2 Å². The van der Waals surface area contributed by atoms with Gasteiger partial charge in [0, 0.05) is 5.75 Å². The van der Waals surface area contributed by atoms with Crippen molar-refractivity contribution in [1.82, 2.24) is 20.2 Å². The first-order valence-corrected chi connectivity index (χ1v) is 7.06. The molecule has 0 aliphatic carbocycles. The van der Waals surface area contributed by atoms with Crippen molar-refractivity contribution in [3.05, 3.63) is 30.3 Å². The third kappa shape index (κ3) is 3.69. The largest absolute Gasteiger partial charge is 0.402 e. The van der Waals surface area contributed by atoms with Crippen molar-refractivity contribution in [2.75, 3.05) is 5.75 Å². The van der Waals surface area contributed by atoms with Crippen molar-refractivity contribution < 1.29 is 13.2 Å². The molecule has 102 valence electrons. The van der Waals surface area contributed by atoms with E-state index in [0.29, 0.717) is 10.8 Å². The van der Waals surface area contributed by atoms with Crippen molar-refractivity contribution in [3.63, 3.8) is 0 Å². The van der Waals surface area contributed by atoms with Gasteiger partial charge < -0.3 is 0 Å². The summed E-state index contributed by atoms with van der Waals surface area (Å²) in [5.74, 6) is -0.198. The fourth-order valence-electron chi connectivity index (χ4n) is 1.24. The highest BCUT2D eigenvalue weighted by Crippen LogP contribution is 2.31. The number of para-hydroxylation sites is 1. The molecule has 0 N–H and O–H groups in total. The minimum atomic E-state index is -4.28. The van der Waals surface area contributed by atoms with Crippen LogP contribution >= 0.6 is 27.7 Å². The average Bonchev–Trinajstić information content (AvgIpc) is 2.84. The molecule has 1 aromatic heterocycles. The number of benzene rings is 1. The van der Waals surface area contributed by atoms with Gasteiger partial charge in [-0.15, -0.1) is 5.10 Å². The van der Waals surface area contributed by atoms with Gasteiger partial charge in [-0.1, -0.05) is 45.9 Å². The van der Waals surface area contributed by atoms with Gasteiger partial charge in [-0.3, -0.25) is 0 Å². The molecule has 1 aromatic carbocycles. The lowest BCUT2D eigenvalue weighted by molar-refractivity contribution is -0.122. The zero-order chi connectivity index (χ0) is 13.9. The quantitative estimate of drug-likeness (QED) is 0.626. The molecule has 2 aromatic rings. The third-order valence-electron chi connectivity index (χ3n) is 2.16. The summed E-state index contributed by atoms with van der Waals surface area (Å²) in [5, 5.41) is 11.3. The van der Waals surface area contributed by atoms with Gasteiger partial charge in [-0.25, -0.2) is 0 Å². The maximum atomic E-state index is 12.4. The molecule has 0 saturated carbocycles. The molecule has 0 saturated heterocycles. The number of halogens is 4. The monoisotopic (exact) mass is 352 g/mol. The number of alkyl halides is 4. The number of rotatable bonds is 4. The topological polar surface area (TPSA) is 43.6 Å². The standard InChI is InChI=1S/C10H8BrF3N4S/c11-8(10(12,13)14)6-19-9-15-16-17-18(9)7-4-2-1-3-5-7/h1-5,8H,6H2. The van der Waals surface area contributed by atoms with Crippen molar-refractivity contribution in [2.45, 2.75) is 16.2 Å². The number of thioether (sulfide) groups is 1. The number of hydrogen-bond donors (Lipinski definition) is 0. The lowest BCUT2D eigenvalue weighted by Crippen LogP contribution is -2.25. The van der Waals surface area contributed by atoms with E-state index in [1.165, 1.54) is 4.68 Å². The van der Waals surface area contributed by atoms with E-state index in [1.54, 1.807) is 24.3 Å². The van der Waals surface area contributed by atoms with E-state index >= 15 is 0 Å². The third-order valence-corrected chi connectivity index (χ3v) is 4.44. The summed E-state index contributed by atoms with van der Waals surface area (Å²) >= 11 is 3.54. The summed E-state index contributed by atoms with van der Waals surface area (Å²) in [4.78, 5) is -1.59. The van der Waals surface area contributed by atoms with E-state index in [2.05, 4.69) is 31.5 Å². The van der Waals surface area contributed by atoms with Gasteiger partial charge in [0.1, 0.15) is 4.83 Å². The molecule has 19 heavy (non-hydrogen) atoms. The Bertz CT molecular complexity index is 531. The Labute approximate surface area is 119 Å². The number of hydrogen-bond acceptors (Lipinski definition) is 4. The molecule has 2 rings (SSSR count). The van der Waals surface area contributed by atoms with Crippen molar-refractivity contribution >= 4 is 27.7 Å². The molecule has 1 heterocycles. The Kier molecular flexibility index (Phi) is 4.46. The maximum absolute atomic E-state index is 12.4. The Balaban J connectivity index is 2.09. The van der Waals surface area contributed by atoms with Gasteiger partial charge in [-0.2, -0.15) is 17.9 Å². The van der Waals surface area contributed by atoms with Crippen LogP contribution in [0, 0.1) is 0 Å². The van der Waals surface area contributed by atoms with Crippen LogP contribution in [0.25, 0.3) is 5.69 Å². The first-order chi connectivity index (χ1) is 8.98.